The number of hydrogen-bond donors (Lipinski definition) is 2. The van der Waals surface area contributed by atoms with E-state index in [1.807, 2.05) is 0 Å². The van der Waals surface area contributed by atoms with Crippen molar-refractivity contribution in [3.05, 3.63) is 18.2 Å². The van der Waals surface area contributed by atoms with Gasteiger partial charge in [-0.25, -0.2) is 4.98 Å². The Labute approximate surface area is 69.2 Å². The third kappa shape index (κ3) is 3.02. The standard InChI is InChI=1S/C6H9N5O/c7-5(12)3-8-4-6-9-1-2-10-11-6/h1-2,8H,3-4H2,(H2,7,12). The van der Waals surface area contributed by atoms with Crippen LogP contribution in [0.2, 0.25) is 0 Å². The highest BCUT2D eigenvalue weighted by Crippen LogP contribution is 1.81. The summed E-state index contributed by atoms with van der Waals surface area (Å²) in [6, 6.07) is 0. The molecule has 1 amide bonds. The molecule has 0 aliphatic heterocycles. The molecule has 0 radical (unpaired) electrons. The van der Waals surface area contributed by atoms with E-state index < -0.39 is 5.91 Å². The molecule has 6 nitrogen and oxygen atoms in total. The molecule has 1 aromatic heterocycles. The Balaban J connectivity index is 2.29. The lowest BCUT2D eigenvalue weighted by Gasteiger charge is -1.98. The molecule has 0 spiro atoms. The van der Waals surface area contributed by atoms with Gasteiger partial charge in [0.1, 0.15) is 0 Å². The van der Waals surface area contributed by atoms with Gasteiger partial charge in [0, 0.05) is 6.20 Å². The number of amides is 1. The van der Waals surface area contributed by atoms with Crippen molar-refractivity contribution in [2.75, 3.05) is 6.54 Å². The maximum atomic E-state index is 10.3. The first-order valence-electron chi connectivity index (χ1n) is 3.40. The number of carbonyl (C=O) groups excluding carboxylic acids is 1. The van der Waals surface area contributed by atoms with Gasteiger partial charge in [-0.1, -0.05) is 0 Å². The molecule has 0 saturated carbocycles. The maximum absolute atomic E-state index is 10.3. The Morgan fingerprint density at radius 3 is 3.00 bits per heavy atom. The minimum atomic E-state index is -0.404. The molecule has 0 fully saturated rings. The molecule has 1 aromatic rings. The molecule has 1 rings (SSSR count). The summed E-state index contributed by atoms with van der Waals surface area (Å²) in [5.74, 6) is 0.137. The highest BCUT2D eigenvalue weighted by atomic mass is 16.1. The topological polar surface area (TPSA) is 93.8 Å². The summed E-state index contributed by atoms with van der Waals surface area (Å²) in [7, 11) is 0. The van der Waals surface area contributed by atoms with Crippen LogP contribution in [0.5, 0.6) is 0 Å². The van der Waals surface area contributed by atoms with E-state index in [2.05, 4.69) is 20.5 Å². The molecule has 0 unspecified atom stereocenters. The molecule has 0 aromatic carbocycles. The summed E-state index contributed by atoms with van der Waals surface area (Å²) in [5.41, 5.74) is 4.90. The van der Waals surface area contributed by atoms with Gasteiger partial charge in [0.15, 0.2) is 5.82 Å². The van der Waals surface area contributed by atoms with Gasteiger partial charge >= 0.3 is 0 Å². The van der Waals surface area contributed by atoms with Gasteiger partial charge in [0.2, 0.25) is 5.91 Å². The van der Waals surface area contributed by atoms with Crippen LogP contribution < -0.4 is 11.1 Å². The average molecular weight is 167 g/mol. The minimum Gasteiger partial charge on any atom is -0.369 e. The number of primary amides is 1. The second kappa shape index (κ2) is 4.35. The number of rotatable bonds is 4. The van der Waals surface area contributed by atoms with E-state index in [4.69, 9.17) is 5.73 Å². The van der Waals surface area contributed by atoms with Crippen LogP contribution in [-0.4, -0.2) is 27.6 Å². The SMILES string of the molecule is NC(=O)CNCc1nccnn1. The Morgan fingerprint density at radius 1 is 1.58 bits per heavy atom. The summed E-state index contributed by atoms with van der Waals surface area (Å²) >= 11 is 0. The fraction of sp³-hybridized carbons (Fsp3) is 0.333. The fourth-order valence-electron chi connectivity index (χ4n) is 0.653. The van der Waals surface area contributed by atoms with Crippen molar-refractivity contribution < 1.29 is 4.79 Å². The van der Waals surface area contributed by atoms with Crippen LogP contribution in [0, 0.1) is 0 Å². The molecule has 0 aliphatic carbocycles. The number of carbonyl (C=O) groups is 1. The molecule has 64 valence electrons. The van der Waals surface area contributed by atoms with Crippen molar-refractivity contribution in [2.24, 2.45) is 5.73 Å². The van der Waals surface area contributed by atoms with Gasteiger partial charge in [-0.3, -0.25) is 4.79 Å². The second-order valence-corrected chi connectivity index (χ2v) is 2.13. The first kappa shape index (κ1) is 8.54. The highest BCUT2D eigenvalue weighted by Gasteiger charge is 1.96. The third-order valence-corrected chi connectivity index (χ3v) is 1.11. The molecule has 0 atom stereocenters. The van der Waals surface area contributed by atoms with Crippen molar-refractivity contribution in [1.82, 2.24) is 20.5 Å². The normalized spacial score (nSPS) is 9.67. The summed E-state index contributed by atoms with van der Waals surface area (Å²) < 4.78 is 0. The van der Waals surface area contributed by atoms with Gasteiger partial charge in [-0.2, -0.15) is 5.10 Å². The first-order chi connectivity index (χ1) is 5.79. The molecule has 0 bridgehead atoms. The van der Waals surface area contributed by atoms with Gasteiger partial charge in [-0.15, -0.1) is 5.10 Å². The lowest BCUT2D eigenvalue weighted by atomic mass is 10.5. The largest absolute Gasteiger partial charge is 0.369 e. The predicted molar refractivity (Wildman–Crippen MR) is 40.7 cm³/mol. The Morgan fingerprint density at radius 2 is 2.42 bits per heavy atom. The van der Waals surface area contributed by atoms with E-state index in [0.717, 1.165) is 0 Å². The van der Waals surface area contributed by atoms with Crippen molar-refractivity contribution in [3.8, 4) is 0 Å². The molecular formula is C6H9N5O. The fourth-order valence-corrected chi connectivity index (χ4v) is 0.653. The molecule has 3 N–H and O–H groups in total. The number of aromatic nitrogens is 3. The van der Waals surface area contributed by atoms with Gasteiger partial charge in [0.25, 0.3) is 0 Å². The van der Waals surface area contributed by atoms with Gasteiger partial charge < -0.3 is 11.1 Å². The van der Waals surface area contributed by atoms with Crippen LogP contribution in [0.3, 0.4) is 0 Å². The molecule has 12 heavy (non-hydrogen) atoms. The summed E-state index contributed by atoms with van der Waals surface area (Å²) in [6.07, 6.45) is 3.02. The van der Waals surface area contributed by atoms with E-state index in [0.29, 0.717) is 12.4 Å². The monoisotopic (exact) mass is 167 g/mol. The zero-order valence-corrected chi connectivity index (χ0v) is 6.40. The van der Waals surface area contributed by atoms with Crippen molar-refractivity contribution in [2.45, 2.75) is 6.54 Å². The van der Waals surface area contributed by atoms with Crippen LogP contribution in [0.25, 0.3) is 0 Å². The number of hydrogen-bond acceptors (Lipinski definition) is 5. The molecule has 6 heteroatoms. The Bertz CT molecular complexity index is 249. The van der Waals surface area contributed by atoms with Crippen molar-refractivity contribution in [1.29, 1.82) is 0 Å². The van der Waals surface area contributed by atoms with Gasteiger partial charge in [-0.05, 0) is 0 Å². The van der Waals surface area contributed by atoms with E-state index in [9.17, 15) is 4.79 Å². The predicted octanol–water partition coefficient (Wildman–Crippen LogP) is -1.55. The quantitative estimate of drug-likeness (QED) is 0.566. The zero-order chi connectivity index (χ0) is 8.81. The van der Waals surface area contributed by atoms with Crippen LogP contribution in [0.1, 0.15) is 5.82 Å². The number of nitrogens with zero attached hydrogens (tertiary/aromatic N) is 3. The van der Waals surface area contributed by atoms with Crippen molar-refractivity contribution in [3.63, 3.8) is 0 Å². The van der Waals surface area contributed by atoms with Crippen LogP contribution in [-0.2, 0) is 11.3 Å². The second-order valence-electron chi connectivity index (χ2n) is 2.13. The molecule has 1 heterocycles. The summed E-state index contributed by atoms with van der Waals surface area (Å²) in [6.45, 7) is 0.523. The Kier molecular flexibility index (Phi) is 3.09. The molecule has 0 saturated heterocycles. The maximum Gasteiger partial charge on any atom is 0.231 e. The smallest absolute Gasteiger partial charge is 0.231 e. The summed E-state index contributed by atoms with van der Waals surface area (Å²) in [5, 5.41) is 10.1. The van der Waals surface area contributed by atoms with E-state index in [1.54, 1.807) is 0 Å². The third-order valence-electron chi connectivity index (χ3n) is 1.11. The van der Waals surface area contributed by atoms with E-state index >= 15 is 0 Å². The highest BCUT2D eigenvalue weighted by molar-refractivity contribution is 5.75. The van der Waals surface area contributed by atoms with E-state index in [-0.39, 0.29) is 6.54 Å². The zero-order valence-electron chi connectivity index (χ0n) is 6.40. The number of nitrogens with one attached hydrogen (secondary N) is 1. The molecule has 0 aliphatic rings. The van der Waals surface area contributed by atoms with E-state index in [1.165, 1.54) is 12.4 Å². The number of nitrogens with two attached hydrogens (primary N) is 1. The molecular weight excluding hydrogens is 158 g/mol. The van der Waals surface area contributed by atoms with Crippen molar-refractivity contribution >= 4 is 5.91 Å². The van der Waals surface area contributed by atoms with Crippen LogP contribution in [0.15, 0.2) is 12.4 Å². The van der Waals surface area contributed by atoms with Crippen LogP contribution in [0.4, 0.5) is 0 Å². The lowest BCUT2D eigenvalue weighted by Crippen LogP contribution is -2.28. The Hall–Kier alpha value is -1.56. The summed E-state index contributed by atoms with van der Waals surface area (Å²) in [4.78, 5) is 14.2. The van der Waals surface area contributed by atoms with Crippen LogP contribution >= 0.6 is 0 Å². The lowest BCUT2D eigenvalue weighted by molar-refractivity contribution is -0.117. The first-order valence-corrected chi connectivity index (χ1v) is 3.40. The van der Waals surface area contributed by atoms with Gasteiger partial charge in [0.05, 0.1) is 19.3 Å². The average Bonchev–Trinajstić information content (AvgIpc) is 2.05. The minimum absolute atomic E-state index is 0.123.